The summed E-state index contributed by atoms with van der Waals surface area (Å²) >= 11 is 1.25. The van der Waals surface area contributed by atoms with Gasteiger partial charge in [0, 0.05) is 6.54 Å². The molecule has 0 radical (unpaired) electrons. The molecule has 0 saturated carbocycles. The Bertz CT molecular complexity index is 313. The van der Waals surface area contributed by atoms with Gasteiger partial charge < -0.3 is 15.5 Å². The highest BCUT2D eigenvalue weighted by molar-refractivity contribution is 7.11. The van der Waals surface area contributed by atoms with E-state index in [1.54, 1.807) is 12.4 Å². The average Bonchev–Trinajstić information content (AvgIpc) is 2.60. The van der Waals surface area contributed by atoms with Crippen molar-refractivity contribution < 1.29 is 15.0 Å². The highest BCUT2D eigenvalue weighted by Gasteiger charge is 2.12. The topological polar surface area (TPSA) is 82.5 Å². The third-order valence-electron chi connectivity index (χ3n) is 1.66. The minimum atomic E-state index is -0.910. The number of hydrogen-bond acceptors (Lipinski definition) is 5. The third-order valence-corrected chi connectivity index (χ3v) is 2.59. The van der Waals surface area contributed by atoms with Gasteiger partial charge in [0.15, 0.2) is 0 Å². The van der Waals surface area contributed by atoms with Crippen LogP contribution in [-0.4, -0.2) is 40.4 Å². The highest BCUT2D eigenvalue weighted by Crippen LogP contribution is 2.11. The summed E-state index contributed by atoms with van der Waals surface area (Å²) in [5.74, 6) is -0.266. The first-order valence-electron chi connectivity index (χ1n) is 4.12. The highest BCUT2D eigenvalue weighted by atomic mass is 32.1. The molecular formula is C8H12N2O3S. The van der Waals surface area contributed by atoms with Crippen LogP contribution in [0.3, 0.4) is 0 Å². The van der Waals surface area contributed by atoms with Crippen LogP contribution in [-0.2, 0) is 0 Å². The number of carbonyl (C=O) groups is 1. The van der Waals surface area contributed by atoms with Crippen LogP contribution in [0.5, 0.6) is 0 Å². The second-order valence-corrected chi connectivity index (χ2v) is 3.67. The van der Waals surface area contributed by atoms with E-state index in [4.69, 9.17) is 10.2 Å². The summed E-state index contributed by atoms with van der Waals surface area (Å²) in [6, 6.07) is 0. The van der Waals surface area contributed by atoms with Crippen molar-refractivity contribution in [1.82, 2.24) is 10.3 Å². The molecule has 5 nitrogen and oxygen atoms in total. The maximum absolute atomic E-state index is 11.4. The Morgan fingerprint density at radius 1 is 1.79 bits per heavy atom. The van der Waals surface area contributed by atoms with E-state index < -0.39 is 6.10 Å². The number of nitrogens with one attached hydrogen (secondary N) is 1. The van der Waals surface area contributed by atoms with Crippen molar-refractivity contribution >= 4 is 17.2 Å². The standard InChI is InChI=1S/C8H12N2O3S/c1-5-7(14-4-10-5)8(13)9-2-6(12)3-11/h4,6,11-12H,2-3H2,1H3,(H,9,13). The van der Waals surface area contributed by atoms with Crippen molar-refractivity contribution in [3.63, 3.8) is 0 Å². The van der Waals surface area contributed by atoms with Gasteiger partial charge in [-0.1, -0.05) is 0 Å². The summed E-state index contributed by atoms with van der Waals surface area (Å²) in [6.07, 6.45) is -0.910. The summed E-state index contributed by atoms with van der Waals surface area (Å²) < 4.78 is 0. The van der Waals surface area contributed by atoms with Gasteiger partial charge in [0.1, 0.15) is 4.88 Å². The lowest BCUT2D eigenvalue weighted by atomic mass is 10.3. The molecule has 1 heterocycles. The number of aromatic nitrogens is 1. The van der Waals surface area contributed by atoms with E-state index in [2.05, 4.69) is 10.3 Å². The molecule has 1 amide bonds. The Labute approximate surface area is 85.4 Å². The first kappa shape index (κ1) is 11.1. The number of aliphatic hydroxyl groups excluding tert-OH is 2. The Morgan fingerprint density at radius 3 is 3.00 bits per heavy atom. The lowest BCUT2D eigenvalue weighted by Crippen LogP contribution is -2.33. The van der Waals surface area contributed by atoms with Crippen LogP contribution in [0.15, 0.2) is 5.51 Å². The Kier molecular flexibility index (Phi) is 3.99. The van der Waals surface area contributed by atoms with E-state index >= 15 is 0 Å². The van der Waals surface area contributed by atoms with Gasteiger partial charge in [-0.05, 0) is 6.92 Å². The Balaban J connectivity index is 2.47. The van der Waals surface area contributed by atoms with Gasteiger partial charge in [0.05, 0.1) is 23.9 Å². The predicted octanol–water partition coefficient (Wildman–Crippen LogP) is -0.465. The molecule has 0 aliphatic rings. The minimum absolute atomic E-state index is 0.0483. The second-order valence-electron chi connectivity index (χ2n) is 2.81. The normalized spacial score (nSPS) is 12.5. The zero-order valence-corrected chi connectivity index (χ0v) is 8.54. The quantitative estimate of drug-likeness (QED) is 0.635. The molecule has 1 aromatic rings. The fourth-order valence-electron chi connectivity index (χ4n) is 0.875. The lowest BCUT2D eigenvalue weighted by molar-refractivity contribution is 0.0804. The number of hydrogen-bond donors (Lipinski definition) is 3. The lowest BCUT2D eigenvalue weighted by Gasteiger charge is -2.07. The Hall–Kier alpha value is -0.980. The first-order chi connectivity index (χ1) is 6.65. The second kappa shape index (κ2) is 5.04. The van der Waals surface area contributed by atoms with E-state index in [0.29, 0.717) is 10.6 Å². The van der Waals surface area contributed by atoms with Crippen LogP contribution >= 0.6 is 11.3 Å². The summed E-state index contributed by atoms with van der Waals surface area (Å²) in [5, 5.41) is 20.0. The number of thiazole rings is 1. The molecule has 0 saturated heterocycles. The molecule has 0 fully saturated rings. The molecule has 1 atom stereocenters. The zero-order chi connectivity index (χ0) is 10.6. The molecule has 0 aromatic carbocycles. The molecule has 3 N–H and O–H groups in total. The van der Waals surface area contributed by atoms with Crippen LogP contribution < -0.4 is 5.32 Å². The maximum Gasteiger partial charge on any atom is 0.263 e. The van der Waals surface area contributed by atoms with Gasteiger partial charge in [0.25, 0.3) is 5.91 Å². The predicted molar refractivity (Wildman–Crippen MR) is 52.3 cm³/mol. The third kappa shape index (κ3) is 2.76. The largest absolute Gasteiger partial charge is 0.394 e. The van der Waals surface area contributed by atoms with Crippen LogP contribution in [0.25, 0.3) is 0 Å². The van der Waals surface area contributed by atoms with Crippen LogP contribution in [0, 0.1) is 6.92 Å². The van der Waals surface area contributed by atoms with E-state index in [1.807, 2.05) is 0 Å². The average molecular weight is 216 g/mol. The van der Waals surface area contributed by atoms with Gasteiger partial charge in [-0.15, -0.1) is 11.3 Å². The fraction of sp³-hybridized carbons (Fsp3) is 0.500. The number of amides is 1. The van der Waals surface area contributed by atoms with E-state index in [-0.39, 0.29) is 19.1 Å². The van der Waals surface area contributed by atoms with Gasteiger partial charge in [-0.2, -0.15) is 0 Å². The number of aliphatic hydroxyl groups is 2. The molecule has 1 rings (SSSR count). The molecule has 78 valence electrons. The van der Waals surface area contributed by atoms with Crippen molar-refractivity contribution in [3.8, 4) is 0 Å². The molecule has 0 aliphatic heterocycles. The van der Waals surface area contributed by atoms with Crippen molar-refractivity contribution in [2.24, 2.45) is 0 Å². The number of rotatable bonds is 4. The van der Waals surface area contributed by atoms with Crippen molar-refractivity contribution in [2.45, 2.75) is 13.0 Å². The SMILES string of the molecule is Cc1ncsc1C(=O)NCC(O)CO. The van der Waals surface area contributed by atoms with Gasteiger partial charge >= 0.3 is 0 Å². The number of nitrogens with zero attached hydrogens (tertiary/aromatic N) is 1. The van der Waals surface area contributed by atoms with Crippen molar-refractivity contribution in [3.05, 3.63) is 16.1 Å². The summed E-state index contributed by atoms with van der Waals surface area (Å²) in [7, 11) is 0. The molecule has 0 spiro atoms. The molecule has 0 bridgehead atoms. The summed E-state index contributed by atoms with van der Waals surface area (Å²) in [5.41, 5.74) is 2.26. The number of carbonyl (C=O) groups excluding carboxylic acids is 1. The van der Waals surface area contributed by atoms with Crippen molar-refractivity contribution in [2.75, 3.05) is 13.2 Å². The summed E-state index contributed by atoms with van der Waals surface area (Å²) in [4.78, 5) is 15.9. The van der Waals surface area contributed by atoms with E-state index in [0.717, 1.165) is 0 Å². The molecule has 14 heavy (non-hydrogen) atoms. The van der Waals surface area contributed by atoms with Gasteiger partial charge in [-0.25, -0.2) is 4.98 Å². The van der Waals surface area contributed by atoms with E-state index in [9.17, 15) is 4.79 Å². The number of aryl methyl sites for hydroxylation is 1. The minimum Gasteiger partial charge on any atom is -0.394 e. The van der Waals surface area contributed by atoms with E-state index in [1.165, 1.54) is 11.3 Å². The van der Waals surface area contributed by atoms with Crippen LogP contribution in [0.2, 0.25) is 0 Å². The zero-order valence-electron chi connectivity index (χ0n) is 7.73. The molecular weight excluding hydrogens is 204 g/mol. The van der Waals surface area contributed by atoms with Gasteiger partial charge in [-0.3, -0.25) is 4.79 Å². The van der Waals surface area contributed by atoms with Crippen molar-refractivity contribution in [1.29, 1.82) is 0 Å². The first-order valence-corrected chi connectivity index (χ1v) is 5.00. The molecule has 0 aliphatic carbocycles. The maximum atomic E-state index is 11.4. The van der Waals surface area contributed by atoms with Gasteiger partial charge in [0.2, 0.25) is 0 Å². The monoisotopic (exact) mass is 216 g/mol. The molecule has 1 aromatic heterocycles. The van der Waals surface area contributed by atoms with Crippen LogP contribution in [0.4, 0.5) is 0 Å². The Morgan fingerprint density at radius 2 is 2.50 bits per heavy atom. The fourth-order valence-corrected chi connectivity index (χ4v) is 1.59. The molecule has 1 unspecified atom stereocenters. The van der Waals surface area contributed by atoms with Crippen LogP contribution in [0.1, 0.15) is 15.4 Å². The molecule has 6 heteroatoms. The summed E-state index contributed by atoms with van der Waals surface area (Å²) in [6.45, 7) is 1.43. The smallest absolute Gasteiger partial charge is 0.263 e.